The second-order valence-corrected chi connectivity index (χ2v) is 7.72. The molecule has 148 valence electrons. The molecule has 0 heterocycles. The van der Waals surface area contributed by atoms with Gasteiger partial charge in [-0.25, -0.2) is 0 Å². The molecule has 0 aromatic rings. The first kappa shape index (κ1) is 26.5. The summed E-state index contributed by atoms with van der Waals surface area (Å²) < 4.78 is 0. The van der Waals surface area contributed by atoms with E-state index in [0.717, 1.165) is 0 Å². The molecule has 0 aromatic heterocycles. The van der Waals surface area contributed by atoms with Gasteiger partial charge in [-0.05, 0) is 19.3 Å². The SMILES string of the molecule is CCCCCCCCCCCCCCCCCCCC([NH3+])CC.[Cl-]. The van der Waals surface area contributed by atoms with E-state index in [1.165, 1.54) is 122 Å². The van der Waals surface area contributed by atoms with E-state index in [1.54, 1.807) is 0 Å². The van der Waals surface area contributed by atoms with Crippen LogP contribution in [0, 0.1) is 0 Å². The lowest BCUT2D eigenvalue weighted by molar-refractivity contribution is -0.421. The van der Waals surface area contributed by atoms with Crippen molar-refractivity contribution in [2.24, 2.45) is 0 Å². The normalized spacial score (nSPS) is 12.1. The molecule has 0 radical (unpaired) electrons. The maximum Gasteiger partial charge on any atom is 0.0840 e. The monoisotopic (exact) mass is 361 g/mol. The highest BCUT2D eigenvalue weighted by molar-refractivity contribution is 4.53. The van der Waals surface area contributed by atoms with E-state index < -0.39 is 0 Å². The molecule has 0 spiro atoms. The Morgan fingerprint density at radius 1 is 0.500 bits per heavy atom. The summed E-state index contributed by atoms with van der Waals surface area (Å²) >= 11 is 0. The van der Waals surface area contributed by atoms with E-state index in [0.29, 0.717) is 6.04 Å². The number of hydrogen-bond donors (Lipinski definition) is 1. The topological polar surface area (TPSA) is 27.6 Å². The van der Waals surface area contributed by atoms with E-state index in [2.05, 4.69) is 19.6 Å². The van der Waals surface area contributed by atoms with Crippen LogP contribution >= 0.6 is 0 Å². The molecular weight excluding hydrogens is 314 g/mol. The summed E-state index contributed by atoms with van der Waals surface area (Å²) in [4.78, 5) is 0. The first-order chi connectivity index (χ1) is 11.3. The molecular formula is C22H48ClN. The van der Waals surface area contributed by atoms with E-state index in [4.69, 9.17) is 0 Å². The average molecular weight is 362 g/mol. The minimum atomic E-state index is 0. The quantitative estimate of drug-likeness (QED) is 0.336. The van der Waals surface area contributed by atoms with Crippen LogP contribution in [0.1, 0.15) is 136 Å². The smallest absolute Gasteiger partial charge is 0.0840 e. The summed E-state index contributed by atoms with van der Waals surface area (Å²) in [5.41, 5.74) is 4.17. The van der Waals surface area contributed by atoms with Crippen LogP contribution in [0.5, 0.6) is 0 Å². The Balaban J connectivity index is 0. The van der Waals surface area contributed by atoms with E-state index >= 15 is 0 Å². The van der Waals surface area contributed by atoms with Crippen LogP contribution in [0.15, 0.2) is 0 Å². The van der Waals surface area contributed by atoms with Crippen LogP contribution in [0.3, 0.4) is 0 Å². The lowest BCUT2D eigenvalue weighted by atomic mass is 10.0. The van der Waals surface area contributed by atoms with Crippen LogP contribution < -0.4 is 18.1 Å². The van der Waals surface area contributed by atoms with Crippen LogP contribution in [-0.4, -0.2) is 6.04 Å². The molecule has 0 amide bonds. The van der Waals surface area contributed by atoms with Crippen molar-refractivity contribution >= 4 is 0 Å². The summed E-state index contributed by atoms with van der Waals surface area (Å²) in [6.07, 6.45) is 27.4. The maximum absolute atomic E-state index is 4.17. The Morgan fingerprint density at radius 3 is 1.08 bits per heavy atom. The number of halogens is 1. The molecule has 0 saturated heterocycles. The number of rotatable bonds is 19. The minimum Gasteiger partial charge on any atom is -1.00 e. The van der Waals surface area contributed by atoms with Gasteiger partial charge in [0.05, 0.1) is 6.04 Å². The molecule has 0 aliphatic heterocycles. The zero-order valence-corrected chi connectivity index (χ0v) is 17.9. The summed E-state index contributed by atoms with van der Waals surface area (Å²) in [5, 5.41) is 0. The van der Waals surface area contributed by atoms with Crippen molar-refractivity contribution in [2.45, 2.75) is 142 Å². The van der Waals surface area contributed by atoms with Crippen molar-refractivity contribution in [2.75, 3.05) is 0 Å². The Hall–Kier alpha value is 0.250. The highest BCUT2D eigenvalue weighted by Crippen LogP contribution is 2.14. The average Bonchev–Trinajstić information content (AvgIpc) is 2.57. The van der Waals surface area contributed by atoms with Gasteiger partial charge >= 0.3 is 0 Å². The van der Waals surface area contributed by atoms with Gasteiger partial charge in [0.2, 0.25) is 0 Å². The molecule has 0 aromatic carbocycles. The molecule has 0 fully saturated rings. The summed E-state index contributed by atoms with van der Waals surface area (Å²) in [6.45, 7) is 4.55. The molecule has 0 aliphatic rings. The zero-order valence-electron chi connectivity index (χ0n) is 17.1. The van der Waals surface area contributed by atoms with Gasteiger partial charge in [-0.2, -0.15) is 0 Å². The predicted octanol–water partition coefficient (Wildman–Crippen LogP) is 4.05. The lowest BCUT2D eigenvalue weighted by Crippen LogP contribution is -3.00. The molecule has 0 rings (SSSR count). The Bertz CT molecular complexity index is 208. The summed E-state index contributed by atoms with van der Waals surface area (Å²) in [5.74, 6) is 0. The van der Waals surface area contributed by atoms with Gasteiger partial charge < -0.3 is 18.1 Å². The van der Waals surface area contributed by atoms with E-state index in [-0.39, 0.29) is 12.4 Å². The van der Waals surface area contributed by atoms with Crippen molar-refractivity contribution in [1.82, 2.24) is 0 Å². The number of hydrogen-bond acceptors (Lipinski definition) is 0. The minimum absolute atomic E-state index is 0. The van der Waals surface area contributed by atoms with Gasteiger partial charge in [-0.1, -0.05) is 117 Å². The van der Waals surface area contributed by atoms with Gasteiger partial charge in [0, 0.05) is 0 Å². The van der Waals surface area contributed by atoms with Gasteiger partial charge in [-0.15, -0.1) is 0 Å². The fourth-order valence-corrected chi connectivity index (χ4v) is 3.36. The summed E-state index contributed by atoms with van der Waals surface area (Å²) in [7, 11) is 0. The second kappa shape index (κ2) is 23.2. The van der Waals surface area contributed by atoms with Crippen LogP contribution in [-0.2, 0) is 0 Å². The summed E-state index contributed by atoms with van der Waals surface area (Å²) in [6, 6.07) is 0.700. The van der Waals surface area contributed by atoms with Crippen molar-refractivity contribution in [3.05, 3.63) is 0 Å². The maximum atomic E-state index is 4.17. The van der Waals surface area contributed by atoms with E-state index in [1.807, 2.05) is 0 Å². The van der Waals surface area contributed by atoms with Crippen LogP contribution in [0.25, 0.3) is 0 Å². The molecule has 1 unspecified atom stereocenters. The van der Waals surface area contributed by atoms with Gasteiger partial charge in [0.1, 0.15) is 0 Å². The molecule has 1 nitrogen and oxygen atoms in total. The Kier molecular flexibility index (Phi) is 25.7. The third-order valence-electron chi connectivity index (χ3n) is 5.29. The molecule has 1 atom stereocenters. The third kappa shape index (κ3) is 22.2. The molecule has 0 bridgehead atoms. The lowest BCUT2D eigenvalue weighted by Gasteiger charge is -2.05. The van der Waals surface area contributed by atoms with Crippen molar-refractivity contribution < 1.29 is 18.1 Å². The van der Waals surface area contributed by atoms with Crippen LogP contribution in [0.4, 0.5) is 0 Å². The Labute approximate surface area is 160 Å². The highest BCUT2D eigenvalue weighted by atomic mass is 35.5. The van der Waals surface area contributed by atoms with Crippen molar-refractivity contribution in [1.29, 1.82) is 0 Å². The molecule has 0 saturated carbocycles. The van der Waals surface area contributed by atoms with Gasteiger partial charge in [0.15, 0.2) is 0 Å². The second-order valence-electron chi connectivity index (χ2n) is 7.72. The molecule has 24 heavy (non-hydrogen) atoms. The van der Waals surface area contributed by atoms with Gasteiger partial charge in [0.25, 0.3) is 0 Å². The standard InChI is InChI=1S/C22H47N.ClH/c1-3-5-6-7-8-9-10-11-12-13-14-15-16-17-18-19-20-21-22(23)4-2;/h22H,3-21,23H2,1-2H3;1H. The van der Waals surface area contributed by atoms with Crippen molar-refractivity contribution in [3.8, 4) is 0 Å². The predicted molar refractivity (Wildman–Crippen MR) is 106 cm³/mol. The fraction of sp³-hybridized carbons (Fsp3) is 1.00. The molecule has 3 N–H and O–H groups in total. The first-order valence-electron chi connectivity index (χ1n) is 11.1. The fourth-order valence-electron chi connectivity index (χ4n) is 3.36. The van der Waals surface area contributed by atoms with Crippen LogP contribution in [0.2, 0.25) is 0 Å². The zero-order chi connectivity index (χ0) is 17.0. The number of unbranched alkanes of at least 4 members (excludes halogenated alkanes) is 16. The molecule has 0 aliphatic carbocycles. The molecule has 2 heteroatoms. The number of quaternary nitrogens is 1. The van der Waals surface area contributed by atoms with Gasteiger partial charge in [-0.3, -0.25) is 0 Å². The Morgan fingerprint density at radius 2 is 0.792 bits per heavy atom. The van der Waals surface area contributed by atoms with E-state index in [9.17, 15) is 0 Å². The van der Waals surface area contributed by atoms with Crippen molar-refractivity contribution in [3.63, 3.8) is 0 Å². The first-order valence-corrected chi connectivity index (χ1v) is 11.1. The largest absolute Gasteiger partial charge is 1.00 e. The highest BCUT2D eigenvalue weighted by Gasteiger charge is 2.01. The third-order valence-corrected chi connectivity index (χ3v) is 5.29.